The molecule has 0 spiro atoms. The summed E-state index contributed by atoms with van der Waals surface area (Å²) in [5.41, 5.74) is 8.45. The van der Waals surface area contributed by atoms with E-state index in [0.717, 1.165) is 32.5 Å². The molecule has 3 nitrogen and oxygen atoms in total. The highest BCUT2D eigenvalue weighted by Gasteiger charge is 2.29. The van der Waals surface area contributed by atoms with Gasteiger partial charge in [0.25, 0.3) is 0 Å². The Morgan fingerprint density at radius 3 is 2.88 bits per heavy atom. The zero-order valence-corrected chi connectivity index (χ0v) is 10.5. The fourth-order valence-corrected chi connectivity index (χ4v) is 2.39. The summed E-state index contributed by atoms with van der Waals surface area (Å²) in [4.78, 5) is 0. The van der Waals surface area contributed by atoms with Crippen LogP contribution in [0.2, 0.25) is 0 Å². The lowest BCUT2D eigenvalue weighted by Gasteiger charge is -2.34. The predicted octanol–water partition coefficient (Wildman–Crippen LogP) is 2.30. The minimum atomic E-state index is 0.00259. The number of nitrogens with two attached hydrogens (primary N) is 1. The Morgan fingerprint density at radius 2 is 2.12 bits per heavy atom. The number of benzene rings is 1. The van der Waals surface area contributed by atoms with Crippen LogP contribution in [0.1, 0.15) is 24.8 Å². The van der Waals surface area contributed by atoms with E-state index < -0.39 is 0 Å². The second kappa shape index (κ2) is 5.52. The van der Waals surface area contributed by atoms with Crippen molar-refractivity contribution in [3.63, 3.8) is 0 Å². The van der Waals surface area contributed by atoms with Crippen molar-refractivity contribution in [1.29, 1.82) is 0 Å². The van der Waals surface area contributed by atoms with E-state index >= 15 is 0 Å². The highest BCUT2D eigenvalue weighted by Crippen LogP contribution is 2.27. The van der Waals surface area contributed by atoms with Crippen molar-refractivity contribution in [2.75, 3.05) is 25.1 Å². The Kier molecular flexibility index (Phi) is 4.02. The molecule has 1 unspecified atom stereocenters. The van der Waals surface area contributed by atoms with Crippen molar-refractivity contribution in [2.24, 2.45) is 5.73 Å². The summed E-state index contributed by atoms with van der Waals surface area (Å²) < 4.78 is 5.52. The summed E-state index contributed by atoms with van der Waals surface area (Å²) in [7, 11) is 0. The van der Waals surface area contributed by atoms with Crippen molar-refractivity contribution in [3.05, 3.63) is 29.8 Å². The molecule has 17 heavy (non-hydrogen) atoms. The number of hydrogen-bond donors (Lipinski definition) is 2. The first-order chi connectivity index (χ1) is 8.26. The van der Waals surface area contributed by atoms with Gasteiger partial charge in [-0.1, -0.05) is 18.2 Å². The molecule has 3 N–H and O–H groups in total. The number of para-hydroxylation sites is 1. The number of rotatable bonds is 3. The quantitative estimate of drug-likeness (QED) is 0.843. The maximum Gasteiger partial charge on any atom is 0.0518 e. The van der Waals surface area contributed by atoms with Gasteiger partial charge in [0.15, 0.2) is 0 Å². The van der Waals surface area contributed by atoms with Gasteiger partial charge in [-0.25, -0.2) is 0 Å². The fourth-order valence-electron chi connectivity index (χ4n) is 2.39. The number of nitrogens with one attached hydrogen (secondary N) is 1. The molecule has 2 rings (SSSR count). The van der Waals surface area contributed by atoms with E-state index in [4.69, 9.17) is 10.5 Å². The van der Waals surface area contributed by atoms with Crippen LogP contribution in [0.25, 0.3) is 0 Å². The van der Waals surface area contributed by atoms with Crippen LogP contribution >= 0.6 is 0 Å². The molecule has 0 saturated carbocycles. The predicted molar refractivity (Wildman–Crippen MR) is 71.3 cm³/mol. The van der Waals surface area contributed by atoms with Crippen LogP contribution in [0.5, 0.6) is 0 Å². The van der Waals surface area contributed by atoms with Crippen LogP contribution in [0.3, 0.4) is 0 Å². The topological polar surface area (TPSA) is 47.3 Å². The van der Waals surface area contributed by atoms with Crippen molar-refractivity contribution < 1.29 is 4.74 Å². The summed E-state index contributed by atoms with van der Waals surface area (Å²) in [6.07, 6.45) is 3.14. The normalized spacial score (nSPS) is 25.3. The molecule has 1 fully saturated rings. The van der Waals surface area contributed by atoms with Crippen LogP contribution in [0.15, 0.2) is 24.3 Å². The molecular weight excluding hydrogens is 212 g/mol. The van der Waals surface area contributed by atoms with Gasteiger partial charge in [-0.2, -0.15) is 0 Å². The summed E-state index contributed by atoms with van der Waals surface area (Å²) in [6.45, 7) is 4.44. The van der Waals surface area contributed by atoms with Crippen molar-refractivity contribution in [3.8, 4) is 0 Å². The Morgan fingerprint density at radius 1 is 1.29 bits per heavy atom. The zero-order valence-electron chi connectivity index (χ0n) is 10.5. The summed E-state index contributed by atoms with van der Waals surface area (Å²) in [5, 5.41) is 3.65. The van der Waals surface area contributed by atoms with E-state index in [1.165, 1.54) is 11.3 Å². The average Bonchev–Trinajstić information content (AvgIpc) is 2.58. The number of ether oxygens (including phenoxy) is 1. The second-order valence-corrected chi connectivity index (χ2v) is 4.89. The van der Waals surface area contributed by atoms with Crippen molar-refractivity contribution in [1.82, 2.24) is 0 Å². The minimum Gasteiger partial charge on any atom is -0.381 e. The number of aryl methyl sites for hydroxylation is 1. The van der Waals surface area contributed by atoms with Crippen molar-refractivity contribution in [2.45, 2.75) is 31.7 Å². The van der Waals surface area contributed by atoms with Crippen LogP contribution in [-0.4, -0.2) is 25.3 Å². The zero-order chi connectivity index (χ0) is 12.1. The Hall–Kier alpha value is -1.06. The molecule has 0 bridgehead atoms. The van der Waals surface area contributed by atoms with E-state index in [-0.39, 0.29) is 5.54 Å². The monoisotopic (exact) mass is 234 g/mol. The molecule has 0 amide bonds. The van der Waals surface area contributed by atoms with Gasteiger partial charge in [0, 0.05) is 25.4 Å². The summed E-state index contributed by atoms with van der Waals surface area (Å²) in [5.74, 6) is 0. The van der Waals surface area contributed by atoms with Gasteiger partial charge in [0.1, 0.15) is 0 Å². The lowest BCUT2D eigenvalue weighted by molar-refractivity contribution is 0.141. The van der Waals surface area contributed by atoms with Gasteiger partial charge in [-0.15, -0.1) is 0 Å². The molecule has 1 aromatic rings. The van der Waals surface area contributed by atoms with E-state index in [1.54, 1.807) is 0 Å². The van der Waals surface area contributed by atoms with Crippen molar-refractivity contribution >= 4 is 5.69 Å². The molecule has 3 heteroatoms. The third-order valence-electron chi connectivity index (χ3n) is 3.60. The molecule has 1 saturated heterocycles. The van der Waals surface area contributed by atoms with E-state index in [9.17, 15) is 0 Å². The standard InChI is InChI=1S/C14H22N2O/c1-12-5-2-3-6-13(12)16-14(11-15)7-4-9-17-10-8-14/h2-3,5-6,16H,4,7-11,15H2,1H3. The van der Waals surface area contributed by atoms with Gasteiger partial charge < -0.3 is 15.8 Å². The molecule has 1 heterocycles. The SMILES string of the molecule is Cc1ccccc1NC1(CN)CCCOCC1. The number of hydrogen-bond acceptors (Lipinski definition) is 3. The third-order valence-corrected chi connectivity index (χ3v) is 3.60. The number of anilines is 1. The smallest absolute Gasteiger partial charge is 0.0518 e. The first kappa shape index (κ1) is 12.4. The Bertz CT molecular complexity index is 357. The fraction of sp³-hybridized carbons (Fsp3) is 0.571. The first-order valence-electron chi connectivity index (χ1n) is 6.37. The van der Waals surface area contributed by atoms with E-state index in [0.29, 0.717) is 6.54 Å². The van der Waals surface area contributed by atoms with Gasteiger partial charge in [-0.3, -0.25) is 0 Å². The first-order valence-corrected chi connectivity index (χ1v) is 6.37. The maximum absolute atomic E-state index is 5.99. The molecule has 0 radical (unpaired) electrons. The lowest BCUT2D eigenvalue weighted by Crippen LogP contribution is -2.45. The summed E-state index contributed by atoms with van der Waals surface area (Å²) >= 11 is 0. The second-order valence-electron chi connectivity index (χ2n) is 4.89. The average molecular weight is 234 g/mol. The molecule has 1 aliphatic heterocycles. The van der Waals surface area contributed by atoms with Crippen LogP contribution in [-0.2, 0) is 4.74 Å². The van der Waals surface area contributed by atoms with Gasteiger partial charge in [0.05, 0.1) is 5.54 Å². The van der Waals surface area contributed by atoms with E-state index in [2.05, 4.69) is 36.5 Å². The molecule has 1 aromatic carbocycles. The Balaban J connectivity index is 2.15. The van der Waals surface area contributed by atoms with E-state index in [1.807, 2.05) is 0 Å². The van der Waals surface area contributed by atoms with Crippen LogP contribution in [0, 0.1) is 6.92 Å². The largest absolute Gasteiger partial charge is 0.381 e. The third kappa shape index (κ3) is 2.99. The highest BCUT2D eigenvalue weighted by atomic mass is 16.5. The molecule has 0 aliphatic carbocycles. The van der Waals surface area contributed by atoms with Gasteiger partial charge in [0.2, 0.25) is 0 Å². The lowest BCUT2D eigenvalue weighted by atomic mass is 9.90. The molecular formula is C14H22N2O. The van der Waals surface area contributed by atoms with Gasteiger partial charge in [-0.05, 0) is 37.8 Å². The van der Waals surface area contributed by atoms with Gasteiger partial charge >= 0.3 is 0 Å². The Labute approximate surface area is 103 Å². The van der Waals surface area contributed by atoms with Crippen LogP contribution in [0.4, 0.5) is 5.69 Å². The molecule has 1 atom stereocenters. The minimum absolute atomic E-state index is 0.00259. The summed E-state index contributed by atoms with van der Waals surface area (Å²) in [6, 6.07) is 8.37. The highest BCUT2D eigenvalue weighted by molar-refractivity contribution is 5.52. The molecule has 1 aliphatic rings. The molecule has 94 valence electrons. The maximum atomic E-state index is 5.99. The van der Waals surface area contributed by atoms with Crippen LogP contribution < -0.4 is 11.1 Å². The molecule has 0 aromatic heterocycles.